The summed E-state index contributed by atoms with van der Waals surface area (Å²) < 4.78 is 25.7. The molecule has 1 aliphatic heterocycles. The van der Waals surface area contributed by atoms with Gasteiger partial charge in [-0.05, 0) is 50.6 Å². The van der Waals surface area contributed by atoms with E-state index in [1.807, 2.05) is 6.92 Å². The van der Waals surface area contributed by atoms with Crippen molar-refractivity contribution >= 4 is 39.9 Å². The van der Waals surface area contributed by atoms with Crippen molar-refractivity contribution in [1.29, 1.82) is 0 Å². The highest BCUT2D eigenvalue weighted by atomic mass is 32.1. The van der Waals surface area contributed by atoms with Gasteiger partial charge in [-0.1, -0.05) is 42.2 Å². The fourth-order valence-electron chi connectivity index (χ4n) is 4.17. The van der Waals surface area contributed by atoms with E-state index in [0.29, 0.717) is 17.9 Å². The molecule has 1 atom stereocenters. The molecule has 38 heavy (non-hydrogen) atoms. The van der Waals surface area contributed by atoms with Crippen molar-refractivity contribution in [3.63, 3.8) is 0 Å². The number of aryl methyl sites for hydroxylation is 2. The van der Waals surface area contributed by atoms with Gasteiger partial charge in [-0.25, -0.2) is 14.2 Å². The molecule has 196 valence electrons. The van der Waals surface area contributed by atoms with Gasteiger partial charge in [-0.2, -0.15) is 0 Å². The van der Waals surface area contributed by atoms with E-state index in [-0.39, 0.29) is 39.0 Å². The average Bonchev–Trinajstić information content (AvgIpc) is 3.40. The first-order chi connectivity index (χ1) is 18.2. The average molecular weight is 537 g/mol. The van der Waals surface area contributed by atoms with Crippen molar-refractivity contribution in [3.8, 4) is 5.75 Å². The smallest absolute Gasteiger partial charge is 0.350 e. The Balaban J connectivity index is 1.89. The van der Waals surface area contributed by atoms with Gasteiger partial charge < -0.3 is 14.6 Å². The van der Waals surface area contributed by atoms with Gasteiger partial charge in [-0.15, -0.1) is 0 Å². The van der Waals surface area contributed by atoms with Crippen LogP contribution in [-0.4, -0.2) is 41.0 Å². The van der Waals surface area contributed by atoms with Crippen molar-refractivity contribution in [2.24, 2.45) is 0 Å². The third kappa shape index (κ3) is 4.82. The summed E-state index contributed by atoms with van der Waals surface area (Å²) in [7, 11) is 0. The number of esters is 1. The Labute approximate surface area is 222 Å². The number of ketones is 1. The van der Waals surface area contributed by atoms with E-state index in [9.17, 15) is 19.5 Å². The second-order valence-corrected chi connectivity index (χ2v) is 9.38. The van der Waals surface area contributed by atoms with Crippen molar-refractivity contribution in [2.75, 3.05) is 18.1 Å². The number of hydrogen-bond acceptors (Lipinski definition) is 8. The molecular weight excluding hydrogens is 511 g/mol. The zero-order valence-electron chi connectivity index (χ0n) is 21.0. The lowest BCUT2D eigenvalue weighted by atomic mass is 9.94. The Hall–Kier alpha value is -4.31. The number of anilines is 1. The van der Waals surface area contributed by atoms with E-state index < -0.39 is 35.3 Å². The monoisotopic (exact) mass is 536 g/mol. The second-order valence-electron chi connectivity index (χ2n) is 8.40. The van der Waals surface area contributed by atoms with Crippen LogP contribution < -0.4 is 9.64 Å². The summed E-state index contributed by atoms with van der Waals surface area (Å²) in [6, 6.07) is 9.15. The number of halogens is 1. The first-order valence-corrected chi connectivity index (χ1v) is 12.6. The highest BCUT2D eigenvalue weighted by Crippen LogP contribution is 2.44. The van der Waals surface area contributed by atoms with Gasteiger partial charge in [0, 0.05) is 11.1 Å². The molecule has 1 fully saturated rings. The molecule has 4 rings (SSSR count). The molecule has 0 spiro atoms. The minimum atomic E-state index is -1.33. The highest BCUT2D eigenvalue weighted by molar-refractivity contribution is 7.17. The first-order valence-electron chi connectivity index (χ1n) is 11.7. The molecule has 1 unspecified atom stereocenters. The highest BCUT2D eigenvalue weighted by Gasteiger charge is 2.49. The van der Waals surface area contributed by atoms with E-state index in [2.05, 4.69) is 11.6 Å². The van der Waals surface area contributed by atoms with Crippen molar-refractivity contribution in [3.05, 3.63) is 93.8 Å². The van der Waals surface area contributed by atoms with Crippen LogP contribution in [0.4, 0.5) is 9.52 Å². The van der Waals surface area contributed by atoms with Crippen LogP contribution in [0, 0.1) is 19.7 Å². The van der Waals surface area contributed by atoms with E-state index >= 15 is 4.39 Å². The number of thiazole rings is 1. The first kappa shape index (κ1) is 26.7. The van der Waals surface area contributed by atoms with Crippen LogP contribution in [0.5, 0.6) is 5.75 Å². The predicted molar refractivity (Wildman–Crippen MR) is 141 cm³/mol. The van der Waals surface area contributed by atoms with Gasteiger partial charge in [0.2, 0.25) is 0 Å². The van der Waals surface area contributed by atoms with Gasteiger partial charge in [0.1, 0.15) is 34.9 Å². The van der Waals surface area contributed by atoms with E-state index in [1.54, 1.807) is 38.1 Å². The minimum Gasteiger partial charge on any atom is -0.507 e. The van der Waals surface area contributed by atoms with Crippen molar-refractivity contribution in [2.45, 2.75) is 26.8 Å². The molecule has 1 saturated heterocycles. The van der Waals surface area contributed by atoms with Crippen LogP contribution in [0.15, 0.2) is 60.7 Å². The molecule has 0 aliphatic carbocycles. The predicted octanol–water partition coefficient (Wildman–Crippen LogP) is 5.27. The molecule has 1 N–H and O–H groups in total. The number of Topliss-reactive ketones (excluding diaryl/α,β-unsaturated/α-hetero) is 1. The topological polar surface area (TPSA) is 106 Å². The molecule has 8 nitrogen and oxygen atoms in total. The lowest BCUT2D eigenvalue weighted by Crippen LogP contribution is -2.29. The summed E-state index contributed by atoms with van der Waals surface area (Å²) >= 11 is 0.835. The van der Waals surface area contributed by atoms with Crippen molar-refractivity contribution < 1.29 is 33.4 Å². The number of rotatable bonds is 8. The van der Waals surface area contributed by atoms with Crippen LogP contribution >= 0.6 is 11.3 Å². The molecule has 2 aromatic carbocycles. The zero-order chi connectivity index (χ0) is 27.6. The summed E-state index contributed by atoms with van der Waals surface area (Å²) in [5.41, 5.74) is 0.919. The number of aromatic nitrogens is 1. The molecule has 0 saturated carbocycles. The number of hydrogen-bond donors (Lipinski definition) is 1. The number of nitrogens with zero attached hydrogens (tertiary/aromatic N) is 2. The molecule has 10 heteroatoms. The van der Waals surface area contributed by atoms with Crippen molar-refractivity contribution in [1.82, 2.24) is 4.98 Å². The fraction of sp³-hybridized carbons (Fsp3) is 0.214. The maximum atomic E-state index is 15.1. The largest absolute Gasteiger partial charge is 0.507 e. The number of amides is 1. The quantitative estimate of drug-likeness (QED) is 0.138. The second kappa shape index (κ2) is 11.0. The Morgan fingerprint density at radius 1 is 1.24 bits per heavy atom. The maximum Gasteiger partial charge on any atom is 0.350 e. The van der Waals surface area contributed by atoms with Crippen LogP contribution in [0.2, 0.25) is 0 Å². The summed E-state index contributed by atoms with van der Waals surface area (Å²) in [6.45, 7) is 9.11. The standard InChI is InChI=1S/C28H25FN2O6S/c1-5-13-37-27(35)25-16(4)30-28(38-25)31-22(18-9-7-8-10-19(18)29)21(24(33)26(31)34)23(32)17-11-12-20(36-6-2)15(3)14-17/h5,7-12,14,22,32H,1,6,13H2,2-4H3/b23-21-. The van der Waals surface area contributed by atoms with Gasteiger partial charge in [0.15, 0.2) is 5.13 Å². The number of aliphatic hydroxyl groups excluding tert-OH is 1. The number of carbonyl (C=O) groups is 3. The van der Waals surface area contributed by atoms with Crippen LogP contribution in [0.1, 0.15) is 45.0 Å². The van der Waals surface area contributed by atoms with Gasteiger partial charge >= 0.3 is 11.9 Å². The number of benzene rings is 2. The normalized spacial score (nSPS) is 16.5. The Morgan fingerprint density at radius 2 is 1.97 bits per heavy atom. The Kier molecular flexibility index (Phi) is 7.72. The molecule has 0 radical (unpaired) electrons. The molecule has 1 aromatic heterocycles. The molecule has 1 amide bonds. The third-order valence-electron chi connectivity index (χ3n) is 5.90. The van der Waals surface area contributed by atoms with Crippen LogP contribution in [0.25, 0.3) is 5.76 Å². The van der Waals surface area contributed by atoms with E-state index in [1.165, 1.54) is 24.3 Å². The molecule has 2 heterocycles. The number of aliphatic hydroxyl groups is 1. The number of carbonyl (C=O) groups excluding carboxylic acids is 3. The summed E-state index contributed by atoms with van der Waals surface area (Å²) in [6.07, 6.45) is 1.41. The molecule has 3 aromatic rings. The van der Waals surface area contributed by atoms with Crippen LogP contribution in [0.3, 0.4) is 0 Å². The van der Waals surface area contributed by atoms with Gasteiger partial charge in [0.05, 0.1) is 17.9 Å². The SMILES string of the molecule is C=CCOC(=O)c1sc(N2C(=O)C(=O)/C(=C(\O)c3ccc(OCC)c(C)c3)C2c2ccccc2F)nc1C. The van der Waals surface area contributed by atoms with E-state index in [0.717, 1.165) is 16.2 Å². The molecular formula is C28H25FN2O6S. The Morgan fingerprint density at radius 3 is 2.63 bits per heavy atom. The zero-order valence-corrected chi connectivity index (χ0v) is 21.8. The van der Waals surface area contributed by atoms with Crippen LogP contribution in [-0.2, 0) is 14.3 Å². The lowest BCUT2D eigenvalue weighted by molar-refractivity contribution is -0.132. The maximum absolute atomic E-state index is 15.1. The Bertz CT molecular complexity index is 1480. The molecule has 1 aliphatic rings. The summed E-state index contributed by atoms with van der Waals surface area (Å²) in [4.78, 5) is 44.6. The number of ether oxygens (including phenoxy) is 2. The fourth-order valence-corrected chi connectivity index (χ4v) is 5.15. The van der Waals surface area contributed by atoms with Gasteiger partial charge in [-0.3, -0.25) is 14.5 Å². The third-order valence-corrected chi connectivity index (χ3v) is 7.04. The summed E-state index contributed by atoms with van der Waals surface area (Å²) in [5.74, 6) is -3.24. The summed E-state index contributed by atoms with van der Waals surface area (Å²) in [5, 5.41) is 11.3. The lowest BCUT2D eigenvalue weighted by Gasteiger charge is -2.23. The van der Waals surface area contributed by atoms with Gasteiger partial charge in [0.25, 0.3) is 5.78 Å². The molecule has 0 bridgehead atoms. The minimum absolute atomic E-state index is 0.00895. The van der Waals surface area contributed by atoms with E-state index in [4.69, 9.17) is 9.47 Å².